The normalized spacial score (nSPS) is 18.5. The van der Waals surface area contributed by atoms with Crippen LogP contribution in [0.2, 0.25) is 0 Å². The van der Waals surface area contributed by atoms with Gasteiger partial charge in [0.25, 0.3) is 0 Å². The van der Waals surface area contributed by atoms with Crippen molar-refractivity contribution in [1.82, 2.24) is 10.2 Å². The highest BCUT2D eigenvalue weighted by molar-refractivity contribution is 7.99. The quantitative estimate of drug-likeness (QED) is 0.829. The fraction of sp³-hybridized carbons (Fsp3) is 0.533. The molecule has 21 heavy (non-hydrogen) atoms. The van der Waals surface area contributed by atoms with Gasteiger partial charge in [-0.1, -0.05) is 6.07 Å². The zero-order valence-electron chi connectivity index (χ0n) is 12.6. The number of amides is 1. The standard InChI is InChI=1S/C15H23N3O2S/c1-18(2)7-8-20-13-5-3-4-12(10-13)17-15(19)14-11-21-9-6-16-14/h3-5,10,14,16H,6-9,11H2,1-2H3,(H,17,19). The van der Waals surface area contributed by atoms with E-state index in [1.54, 1.807) is 11.8 Å². The topological polar surface area (TPSA) is 53.6 Å². The number of nitrogens with zero attached hydrogens (tertiary/aromatic N) is 1. The van der Waals surface area contributed by atoms with Gasteiger partial charge < -0.3 is 20.3 Å². The average Bonchev–Trinajstić information content (AvgIpc) is 2.48. The summed E-state index contributed by atoms with van der Waals surface area (Å²) in [5.74, 6) is 2.69. The number of hydrogen-bond donors (Lipinski definition) is 2. The maximum atomic E-state index is 12.1. The molecule has 1 atom stereocenters. The highest BCUT2D eigenvalue weighted by atomic mass is 32.2. The van der Waals surface area contributed by atoms with Crippen LogP contribution in [0, 0.1) is 0 Å². The molecule has 1 amide bonds. The van der Waals surface area contributed by atoms with E-state index >= 15 is 0 Å². The number of ether oxygens (including phenoxy) is 1. The highest BCUT2D eigenvalue weighted by Crippen LogP contribution is 2.18. The molecule has 1 aromatic rings. The van der Waals surface area contributed by atoms with Crippen molar-refractivity contribution < 1.29 is 9.53 Å². The van der Waals surface area contributed by atoms with Gasteiger partial charge in [-0.3, -0.25) is 4.79 Å². The molecule has 1 unspecified atom stereocenters. The van der Waals surface area contributed by atoms with Crippen LogP contribution in [-0.2, 0) is 4.79 Å². The van der Waals surface area contributed by atoms with E-state index in [2.05, 4.69) is 15.5 Å². The molecule has 1 aromatic carbocycles. The largest absolute Gasteiger partial charge is 0.492 e. The molecule has 1 aliphatic rings. The lowest BCUT2D eigenvalue weighted by atomic mass is 10.2. The van der Waals surface area contributed by atoms with Crippen molar-refractivity contribution in [2.45, 2.75) is 6.04 Å². The third-order valence-corrected chi connectivity index (χ3v) is 4.21. The number of carbonyl (C=O) groups excluding carboxylic acids is 1. The SMILES string of the molecule is CN(C)CCOc1cccc(NC(=O)C2CSCCN2)c1. The van der Waals surface area contributed by atoms with Gasteiger partial charge in [-0.2, -0.15) is 11.8 Å². The van der Waals surface area contributed by atoms with Crippen LogP contribution >= 0.6 is 11.8 Å². The maximum Gasteiger partial charge on any atom is 0.242 e. The first-order valence-electron chi connectivity index (χ1n) is 7.15. The third-order valence-electron chi connectivity index (χ3n) is 3.15. The predicted molar refractivity (Wildman–Crippen MR) is 88.2 cm³/mol. The van der Waals surface area contributed by atoms with Crippen LogP contribution in [0.3, 0.4) is 0 Å². The van der Waals surface area contributed by atoms with E-state index in [0.717, 1.165) is 36.0 Å². The van der Waals surface area contributed by atoms with Gasteiger partial charge in [0.15, 0.2) is 0 Å². The Hall–Kier alpha value is -1.24. The Morgan fingerprint density at radius 2 is 2.38 bits per heavy atom. The minimum atomic E-state index is -0.109. The molecule has 6 heteroatoms. The summed E-state index contributed by atoms with van der Waals surface area (Å²) >= 11 is 1.81. The molecule has 1 heterocycles. The van der Waals surface area contributed by atoms with Crippen molar-refractivity contribution >= 4 is 23.4 Å². The van der Waals surface area contributed by atoms with Gasteiger partial charge in [-0.25, -0.2) is 0 Å². The molecular weight excluding hydrogens is 286 g/mol. The van der Waals surface area contributed by atoms with Crippen LogP contribution in [0.4, 0.5) is 5.69 Å². The third kappa shape index (κ3) is 5.57. The number of rotatable bonds is 6. The summed E-state index contributed by atoms with van der Waals surface area (Å²) in [5, 5.41) is 6.18. The smallest absolute Gasteiger partial charge is 0.242 e. The van der Waals surface area contributed by atoms with E-state index in [1.807, 2.05) is 38.4 Å². The zero-order valence-corrected chi connectivity index (χ0v) is 13.4. The van der Waals surface area contributed by atoms with E-state index < -0.39 is 0 Å². The van der Waals surface area contributed by atoms with Crippen molar-refractivity contribution in [1.29, 1.82) is 0 Å². The van der Waals surface area contributed by atoms with Gasteiger partial charge in [0.2, 0.25) is 5.91 Å². The molecule has 0 bridgehead atoms. The van der Waals surface area contributed by atoms with Crippen LogP contribution in [0.15, 0.2) is 24.3 Å². The molecule has 5 nitrogen and oxygen atoms in total. The molecule has 116 valence electrons. The van der Waals surface area contributed by atoms with Gasteiger partial charge in [-0.05, 0) is 26.2 Å². The molecule has 0 radical (unpaired) electrons. The summed E-state index contributed by atoms with van der Waals surface area (Å²) in [5.41, 5.74) is 0.778. The number of benzene rings is 1. The van der Waals surface area contributed by atoms with E-state index in [9.17, 15) is 4.79 Å². The van der Waals surface area contributed by atoms with Crippen LogP contribution in [0.1, 0.15) is 0 Å². The number of hydrogen-bond acceptors (Lipinski definition) is 5. The summed E-state index contributed by atoms with van der Waals surface area (Å²) in [6.45, 7) is 2.38. The van der Waals surface area contributed by atoms with Gasteiger partial charge in [0.05, 0.1) is 6.04 Å². The van der Waals surface area contributed by atoms with Crippen molar-refractivity contribution in [3.63, 3.8) is 0 Å². The molecule has 0 aliphatic carbocycles. The average molecular weight is 309 g/mol. The lowest BCUT2D eigenvalue weighted by molar-refractivity contribution is -0.117. The number of anilines is 1. The Morgan fingerprint density at radius 3 is 3.10 bits per heavy atom. The van der Waals surface area contributed by atoms with Gasteiger partial charge in [0.1, 0.15) is 12.4 Å². The van der Waals surface area contributed by atoms with Crippen molar-refractivity contribution in [2.75, 3.05) is 50.6 Å². The van der Waals surface area contributed by atoms with Gasteiger partial charge in [0, 0.05) is 36.3 Å². The lowest BCUT2D eigenvalue weighted by Gasteiger charge is -2.22. The zero-order chi connectivity index (χ0) is 15.1. The molecule has 2 N–H and O–H groups in total. The van der Waals surface area contributed by atoms with Gasteiger partial charge >= 0.3 is 0 Å². The Morgan fingerprint density at radius 1 is 1.52 bits per heavy atom. The Balaban J connectivity index is 1.86. The van der Waals surface area contributed by atoms with Crippen LogP contribution < -0.4 is 15.4 Å². The predicted octanol–water partition coefficient (Wildman–Crippen LogP) is 1.27. The van der Waals surface area contributed by atoms with E-state index in [1.165, 1.54) is 0 Å². The second-order valence-corrected chi connectivity index (χ2v) is 6.40. The van der Waals surface area contributed by atoms with Crippen LogP contribution in [0.5, 0.6) is 5.75 Å². The molecule has 0 spiro atoms. The summed E-state index contributed by atoms with van der Waals surface area (Å²) in [7, 11) is 4.02. The molecule has 1 aliphatic heterocycles. The lowest BCUT2D eigenvalue weighted by Crippen LogP contribution is -2.46. The molecule has 1 fully saturated rings. The number of thioether (sulfide) groups is 1. The molecule has 0 aromatic heterocycles. The number of nitrogens with one attached hydrogen (secondary N) is 2. The van der Waals surface area contributed by atoms with Gasteiger partial charge in [-0.15, -0.1) is 0 Å². The van der Waals surface area contributed by atoms with E-state index in [0.29, 0.717) is 6.61 Å². The summed E-state index contributed by atoms with van der Waals surface area (Å²) < 4.78 is 5.67. The first-order valence-corrected chi connectivity index (χ1v) is 8.30. The molecular formula is C15H23N3O2S. The fourth-order valence-electron chi connectivity index (χ4n) is 1.97. The summed E-state index contributed by atoms with van der Waals surface area (Å²) in [6, 6.07) is 7.43. The highest BCUT2D eigenvalue weighted by Gasteiger charge is 2.20. The van der Waals surface area contributed by atoms with E-state index in [-0.39, 0.29) is 11.9 Å². The Bertz CT molecular complexity index is 462. The van der Waals surface area contributed by atoms with Crippen molar-refractivity contribution in [2.24, 2.45) is 0 Å². The second kappa shape index (κ2) is 8.26. The number of carbonyl (C=O) groups is 1. The van der Waals surface area contributed by atoms with Crippen LogP contribution in [-0.4, -0.2) is 62.1 Å². The Labute approximate surface area is 130 Å². The van der Waals surface area contributed by atoms with Crippen LogP contribution in [0.25, 0.3) is 0 Å². The minimum Gasteiger partial charge on any atom is -0.492 e. The summed E-state index contributed by atoms with van der Waals surface area (Å²) in [4.78, 5) is 14.2. The monoisotopic (exact) mass is 309 g/mol. The Kier molecular flexibility index (Phi) is 6.35. The molecule has 0 saturated carbocycles. The van der Waals surface area contributed by atoms with E-state index in [4.69, 9.17) is 4.74 Å². The number of likely N-dealkylation sites (N-methyl/N-ethyl adjacent to an activating group) is 1. The molecule has 2 rings (SSSR count). The maximum absolute atomic E-state index is 12.1. The second-order valence-electron chi connectivity index (χ2n) is 5.25. The first kappa shape index (κ1) is 16.1. The fourth-order valence-corrected chi connectivity index (χ4v) is 2.91. The molecule has 1 saturated heterocycles. The summed E-state index contributed by atoms with van der Waals surface area (Å²) in [6.07, 6.45) is 0. The van der Waals surface area contributed by atoms with Crippen molar-refractivity contribution in [3.05, 3.63) is 24.3 Å². The first-order chi connectivity index (χ1) is 10.1. The minimum absolute atomic E-state index is 0.0210. The van der Waals surface area contributed by atoms with Crippen molar-refractivity contribution in [3.8, 4) is 5.75 Å².